The van der Waals surface area contributed by atoms with Crippen LogP contribution in [-0.4, -0.2) is 29.8 Å². The molecule has 0 saturated carbocycles. The van der Waals surface area contributed by atoms with Crippen molar-refractivity contribution in [3.63, 3.8) is 0 Å². The molecule has 1 aromatic heterocycles. The molecule has 0 bridgehead atoms. The zero-order valence-electron chi connectivity index (χ0n) is 7.33. The molecular formula is C8H11N3O2. The lowest BCUT2D eigenvalue weighted by molar-refractivity contribution is -0.142. The molecule has 0 aromatic carbocycles. The van der Waals surface area contributed by atoms with Gasteiger partial charge in [0.1, 0.15) is 5.82 Å². The highest BCUT2D eigenvalue weighted by Gasteiger charge is 2.28. The average Bonchev–Trinajstić information content (AvgIpc) is 2.63. The minimum absolute atomic E-state index is 0.167. The highest BCUT2D eigenvalue weighted by atomic mass is 16.5. The number of methoxy groups -OCH3 is 1. The van der Waals surface area contributed by atoms with Crippen LogP contribution in [0.2, 0.25) is 0 Å². The smallest absolute Gasteiger partial charge is 0.313 e. The second kappa shape index (κ2) is 3.08. The summed E-state index contributed by atoms with van der Waals surface area (Å²) in [6, 6.07) is 0. The van der Waals surface area contributed by atoms with Crippen LogP contribution in [0.1, 0.15) is 17.9 Å². The molecule has 70 valence electrons. The number of carbonyl (C=O) groups is 1. The van der Waals surface area contributed by atoms with Crippen LogP contribution in [0.15, 0.2) is 6.20 Å². The second-order valence-electron chi connectivity index (χ2n) is 2.99. The van der Waals surface area contributed by atoms with Crippen molar-refractivity contribution in [2.24, 2.45) is 0 Å². The van der Waals surface area contributed by atoms with Crippen LogP contribution in [0.25, 0.3) is 0 Å². The van der Waals surface area contributed by atoms with Crippen molar-refractivity contribution in [2.75, 3.05) is 19.0 Å². The van der Waals surface area contributed by atoms with Crippen LogP contribution >= 0.6 is 0 Å². The molecule has 0 aliphatic carbocycles. The van der Waals surface area contributed by atoms with E-state index >= 15 is 0 Å². The Hall–Kier alpha value is -1.52. The first-order valence-corrected chi connectivity index (χ1v) is 4.18. The van der Waals surface area contributed by atoms with Gasteiger partial charge in [0.15, 0.2) is 0 Å². The van der Waals surface area contributed by atoms with E-state index in [9.17, 15) is 4.79 Å². The molecule has 5 heteroatoms. The maximum atomic E-state index is 11.3. The molecule has 5 nitrogen and oxygen atoms in total. The monoisotopic (exact) mass is 181 g/mol. The number of H-pyrrole nitrogens is 1. The predicted molar refractivity (Wildman–Crippen MR) is 46.5 cm³/mol. The van der Waals surface area contributed by atoms with E-state index in [0.29, 0.717) is 0 Å². The summed E-state index contributed by atoms with van der Waals surface area (Å²) in [7, 11) is 1.41. The molecule has 1 aromatic rings. The Kier molecular flexibility index (Phi) is 1.92. The summed E-state index contributed by atoms with van der Waals surface area (Å²) in [6.07, 6.45) is 2.43. The maximum absolute atomic E-state index is 11.3. The van der Waals surface area contributed by atoms with Crippen LogP contribution < -0.4 is 5.32 Å². The minimum atomic E-state index is -0.191. The number of rotatable bonds is 1. The largest absolute Gasteiger partial charge is 0.469 e. The first-order valence-electron chi connectivity index (χ1n) is 4.18. The fourth-order valence-electron chi connectivity index (χ4n) is 1.59. The molecule has 0 spiro atoms. The van der Waals surface area contributed by atoms with Gasteiger partial charge in [-0.3, -0.25) is 9.89 Å². The van der Waals surface area contributed by atoms with Crippen molar-refractivity contribution in [3.05, 3.63) is 11.8 Å². The average molecular weight is 181 g/mol. The molecule has 1 unspecified atom stereocenters. The standard InChI is InChI=1S/C8H11N3O2/c1-13-8(12)5-2-3-9-7-6(5)4-10-11-7/h4-5H,2-3H2,1H3,(H2,9,10,11). The maximum Gasteiger partial charge on any atom is 0.313 e. The Morgan fingerprint density at radius 3 is 3.38 bits per heavy atom. The first kappa shape index (κ1) is 8.10. The lowest BCUT2D eigenvalue weighted by Gasteiger charge is -2.20. The normalized spacial score (nSPS) is 20.2. The van der Waals surface area contributed by atoms with Gasteiger partial charge in [-0.2, -0.15) is 5.10 Å². The van der Waals surface area contributed by atoms with Crippen LogP contribution in [0, 0.1) is 0 Å². The summed E-state index contributed by atoms with van der Waals surface area (Å²) in [4.78, 5) is 11.3. The number of hydrogen-bond acceptors (Lipinski definition) is 4. The summed E-state index contributed by atoms with van der Waals surface area (Å²) in [6.45, 7) is 0.773. The number of nitrogens with zero attached hydrogens (tertiary/aromatic N) is 1. The molecule has 0 saturated heterocycles. The second-order valence-corrected chi connectivity index (χ2v) is 2.99. The molecule has 13 heavy (non-hydrogen) atoms. The van der Waals surface area contributed by atoms with E-state index in [2.05, 4.69) is 15.5 Å². The number of ether oxygens (including phenoxy) is 1. The third-order valence-electron chi connectivity index (χ3n) is 2.26. The van der Waals surface area contributed by atoms with Crippen molar-refractivity contribution in [3.8, 4) is 0 Å². The van der Waals surface area contributed by atoms with Gasteiger partial charge in [-0.1, -0.05) is 0 Å². The van der Waals surface area contributed by atoms with Crippen molar-refractivity contribution < 1.29 is 9.53 Å². The molecule has 2 heterocycles. The van der Waals surface area contributed by atoms with Gasteiger partial charge >= 0.3 is 5.97 Å². The first-order chi connectivity index (χ1) is 6.33. The molecule has 1 aliphatic heterocycles. The van der Waals surface area contributed by atoms with Crippen LogP contribution in [0.4, 0.5) is 5.82 Å². The van der Waals surface area contributed by atoms with Crippen molar-refractivity contribution in [1.29, 1.82) is 0 Å². The Bertz CT molecular complexity index is 321. The van der Waals surface area contributed by atoms with Gasteiger partial charge in [0, 0.05) is 12.1 Å². The van der Waals surface area contributed by atoms with Gasteiger partial charge in [-0.05, 0) is 6.42 Å². The van der Waals surface area contributed by atoms with Crippen LogP contribution in [-0.2, 0) is 9.53 Å². The number of anilines is 1. The van der Waals surface area contributed by atoms with Gasteiger partial charge in [0.2, 0.25) is 0 Å². The molecular weight excluding hydrogens is 170 g/mol. The van der Waals surface area contributed by atoms with E-state index < -0.39 is 0 Å². The zero-order chi connectivity index (χ0) is 9.26. The Morgan fingerprint density at radius 1 is 1.77 bits per heavy atom. The Labute approximate surface area is 75.5 Å². The van der Waals surface area contributed by atoms with Crippen molar-refractivity contribution in [2.45, 2.75) is 12.3 Å². The highest BCUT2D eigenvalue weighted by Crippen LogP contribution is 2.30. The van der Waals surface area contributed by atoms with Crippen molar-refractivity contribution in [1.82, 2.24) is 10.2 Å². The molecule has 0 amide bonds. The Morgan fingerprint density at radius 2 is 2.62 bits per heavy atom. The highest BCUT2D eigenvalue weighted by molar-refractivity contribution is 5.80. The minimum Gasteiger partial charge on any atom is -0.469 e. The fraction of sp³-hybridized carbons (Fsp3) is 0.500. The summed E-state index contributed by atoms with van der Waals surface area (Å²) in [5.41, 5.74) is 0.901. The predicted octanol–water partition coefficient (Wildman–Crippen LogP) is 0.482. The fourth-order valence-corrected chi connectivity index (χ4v) is 1.59. The van der Waals surface area contributed by atoms with Gasteiger partial charge < -0.3 is 10.1 Å². The van der Waals surface area contributed by atoms with E-state index in [1.807, 2.05) is 0 Å². The van der Waals surface area contributed by atoms with Crippen molar-refractivity contribution >= 4 is 11.8 Å². The SMILES string of the molecule is COC(=O)C1CCNc2[nH]ncc21. The number of nitrogens with one attached hydrogen (secondary N) is 2. The molecule has 0 fully saturated rings. The number of fused-ring (bicyclic) bond motifs is 1. The molecule has 0 radical (unpaired) electrons. The molecule has 2 N–H and O–H groups in total. The lowest BCUT2D eigenvalue weighted by Crippen LogP contribution is -2.23. The number of esters is 1. The summed E-state index contributed by atoms with van der Waals surface area (Å²) < 4.78 is 4.71. The van der Waals surface area contributed by atoms with E-state index in [1.54, 1.807) is 6.20 Å². The van der Waals surface area contributed by atoms with E-state index in [1.165, 1.54) is 7.11 Å². The molecule has 1 aliphatic rings. The third-order valence-corrected chi connectivity index (χ3v) is 2.26. The summed E-state index contributed by atoms with van der Waals surface area (Å²) >= 11 is 0. The topological polar surface area (TPSA) is 67.0 Å². The third kappa shape index (κ3) is 1.26. The van der Waals surface area contributed by atoms with E-state index in [-0.39, 0.29) is 11.9 Å². The lowest BCUT2D eigenvalue weighted by atomic mass is 9.95. The molecule has 2 rings (SSSR count). The number of hydrogen-bond donors (Lipinski definition) is 2. The van der Waals surface area contributed by atoms with E-state index in [4.69, 9.17) is 4.74 Å². The summed E-state index contributed by atoms with van der Waals surface area (Å²) in [5.74, 6) is 0.478. The number of carbonyl (C=O) groups excluding carboxylic acids is 1. The quantitative estimate of drug-likeness (QED) is 0.618. The molecule has 1 atom stereocenters. The van der Waals surface area contributed by atoms with Crippen LogP contribution in [0.3, 0.4) is 0 Å². The van der Waals surface area contributed by atoms with Crippen LogP contribution in [0.5, 0.6) is 0 Å². The van der Waals surface area contributed by atoms with E-state index in [0.717, 1.165) is 24.3 Å². The van der Waals surface area contributed by atoms with Gasteiger partial charge in [-0.15, -0.1) is 0 Å². The number of aromatic nitrogens is 2. The van der Waals surface area contributed by atoms with Gasteiger partial charge in [-0.25, -0.2) is 0 Å². The number of aromatic amines is 1. The Balaban J connectivity index is 2.30. The summed E-state index contributed by atoms with van der Waals surface area (Å²) in [5, 5.41) is 9.80. The van der Waals surface area contributed by atoms with Gasteiger partial charge in [0.25, 0.3) is 0 Å². The van der Waals surface area contributed by atoms with Gasteiger partial charge in [0.05, 0.1) is 19.2 Å². The zero-order valence-corrected chi connectivity index (χ0v) is 7.33.